The zero-order valence-electron chi connectivity index (χ0n) is 10.9. The number of carbonyl (C=O) groups is 2. The quantitative estimate of drug-likeness (QED) is 0.782. The summed E-state index contributed by atoms with van der Waals surface area (Å²) in [6.07, 6.45) is 0.900. The molecular weight excluding hydrogens is 238 g/mol. The molecule has 1 heterocycles. The van der Waals surface area contributed by atoms with Crippen molar-refractivity contribution in [3.05, 3.63) is 0 Å². The van der Waals surface area contributed by atoms with Crippen LogP contribution in [0.15, 0.2) is 0 Å². The van der Waals surface area contributed by atoms with E-state index in [4.69, 9.17) is 4.74 Å². The number of rotatable bonds is 3. The Morgan fingerprint density at radius 1 is 1.41 bits per heavy atom. The molecule has 1 fully saturated rings. The highest BCUT2D eigenvalue weighted by Gasteiger charge is 2.28. The second-order valence-corrected chi connectivity index (χ2v) is 6.47. The van der Waals surface area contributed by atoms with E-state index in [1.165, 1.54) is 0 Å². The zero-order chi connectivity index (χ0) is 13.1. The molecule has 1 saturated heterocycles. The minimum Gasteiger partial charge on any atom is -0.458 e. The predicted molar refractivity (Wildman–Crippen MR) is 68.9 cm³/mol. The van der Waals surface area contributed by atoms with Crippen molar-refractivity contribution in [3.8, 4) is 0 Å². The van der Waals surface area contributed by atoms with Gasteiger partial charge >= 0.3 is 5.97 Å². The van der Waals surface area contributed by atoms with E-state index >= 15 is 0 Å². The van der Waals surface area contributed by atoms with E-state index in [-0.39, 0.29) is 17.8 Å². The lowest BCUT2D eigenvalue weighted by atomic mass is 10.1. The van der Waals surface area contributed by atoms with Crippen molar-refractivity contribution in [1.29, 1.82) is 0 Å². The molecule has 0 saturated carbocycles. The molecule has 0 aromatic carbocycles. The average Bonchev–Trinajstić information content (AvgIpc) is 2.67. The Hall–Kier alpha value is -0.710. The third kappa shape index (κ3) is 4.98. The lowest BCUT2D eigenvalue weighted by molar-refractivity contribution is -0.158. The summed E-state index contributed by atoms with van der Waals surface area (Å²) in [6.45, 7) is 7.10. The first kappa shape index (κ1) is 14.4. The fourth-order valence-corrected chi connectivity index (χ4v) is 2.74. The minimum absolute atomic E-state index is 0.0339. The van der Waals surface area contributed by atoms with Crippen molar-refractivity contribution in [3.63, 3.8) is 0 Å². The molecule has 0 aromatic heterocycles. The summed E-state index contributed by atoms with van der Waals surface area (Å²) in [4.78, 5) is 23.5. The largest absolute Gasteiger partial charge is 0.458 e. The highest BCUT2D eigenvalue weighted by Crippen LogP contribution is 2.23. The average molecular weight is 259 g/mol. The first-order valence-corrected chi connectivity index (χ1v) is 7.06. The van der Waals surface area contributed by atoms with E-state index in [9.17, 15) is 9.59 Å². The number of hydrogen-bond acceptors (Lipinski definition) is 4. The maximum Gasteiger partial charge on any atom is 0.328 e. The van der Waals surface area contributed by atoms with E-state index in [0.717, 1.165) is 17.9 Å². The topological polar surface area (TPSA) is 55.4 Å². The summed E-state index contributed by atoms with van der Waals surface area (Å²) in [7, 11) is 0. The van der Waals surface area contributed by atoms with Crippen LogP contribution in [-0.4, -0.2) is 35.0 Å². The van der Waals surface area contributed by atoms with E-state index in [2.05, 4.69) is 5.32 Å². The van der Waals surface area contributed by atoms with Crippen LogP contribution >= 0.6 is 11.8 Å². The fourth-order valence-electron chi connectivity index (χ4n) is 1.52. The van der Waals surface area contributed by atoms with Gasteiger partial charge in [-0.25, -0.2) is 4.79 Å². The second-order valence-electron chi connectivity index (χ2n) is 5.32. The van der Waals surface area contributed by atoms with Crippen molar-refractivity contribution in [2.75, 3.05) is 11.5 Å². The Morgan fingerprint density at radius 3 is 2.53 bits per heavy atom. The van der Waals surface area contributed by atoms with Gasteiger partial charge in [-0.05, 0) is 39.9 Å². The predicted octanol–water partition coefficient (Wildman–Crippen LogP) is 1.59. The summed E-state index contributed by atoms with van der Waals surface area (Å²) in [5, 5.41) is 2.72. The summed E-state index contributed by atoms with van der Waals surface area (Å²) >= 11 is 1.78. The van der Waals surface area contributed by atoms with Gasteiger partial charge in [-0.15, -0.1) is 0 Å². The van der Waals surface area contributed by atoms with Gasteiger partial charge < -0.3 is 10.1 Å². The molecule has 1 N–H and O–H groups in total. The lowest BCUT2D eigenvalue weighted by Gasteiger charge is -2.23. The number of thioether (sulfide) groups is 1. The molecule has 98 valence electrons. The van der Waals surface area contributed by atoms with Crippen molar-refractivity contribution in [2.45, 2.75) is 45.8 Å². The van der Waals surface area contributed by atoms with Gasteiger partial charge in [-0.1, -0.05) is 0 Å². The summed E-state index contributed by atoms with van der Waals surface area (Å²) in [6, 6.07) is -0.577. The van der Waals surface area contributed by atoms with Crippen LogP contribution in [0.3, 0.4) is 0 Å². The van der Waals surface area contributed by atoms with Gasteiger partial charge in [0.15, 0.2) is 0 Å². The SMILES string of the molecule is C[C@H](NC(=O)C1CCSC1)C(=O)OC(C)(C)C. The molecule has 17 heavy (non-hydrogen) atoms. The molecule has 1 unspecified atom stereocenters. The monoisotopic (exact) mass is 259 g/mol. The molecule has 4 nitrogen and oxygen atoms in total. The molecule has 0 radical (unpaired) electrons. The van der Waals surface area contributed by atoms with Crippen LogP contribution in [0.2, 0.25) is 0 Å². The third-order valence-corrected chi connectivity index (χ3v) is 3.58. The molecule has 1 aliphatic rings. The zero-order valence-corrected chi connectivity index (χ0v) is 11.7. The number of esters is 1. The van der Waals surface area contributed by atoms with Gasteiger partial charge in [0.2, 0.25) is 5.91 Å². The van der Waals surface area contributed by atoms with Crippen molar-refractivity contribution >= 4 is 23.6 Å². The van der Waals surface area contributed by atoms with Gasteiger partial charge in [0.25, 0.3) is 0 Å². The first-order chi connectivity index (χ1) is 7.79. The number of amides is 1. The second kappa shape index (κ2) is 5.76. The number of ether oxygens (including phenoxy) is 1. The molecule has 0 spiro atoms. The molecule has 1 rings (SSSR count). The Bertz CT molecular complexity index is 293. The van der Waals surface area contributed by atoms with Crippen LogP contribution in [0, 0.1) is 5.92 Å². The highest BCUT2D eigenvalue weighted by molar-refractivity contribution is 7.99. The van der Waals surface area contributed by atoms with Gasteiger partial charge in [0.05, 0.1) is 0 Å². The van der Waals surface area contributed by atoms with Crippen LogP contribution in [-0.2, 0) is 14.3 Å². The number of carbonyl (C=O) groups excluding carboxylic acids is 2. The normalized spacial score (nSPS) is 22.0. The molecule has 5 heteroatoms. The molecule has 1 aliphatic heterocycles. The Kier molecular flexibility index (Phi) is 4.86. The summed E-state index contributed by atoms with van der Waals surface area (Å²) < 4.78 is 5.20. The van der Waals surface area contributed by atoms with Gasteiger partial charge in [-0.2, -0.15) is 11.8 Å². The van der Waals surface area contributed by atoms with Crippen LogP contribution in [0.4, 0.5) is 0 Å². The van der Waals surface area contributed by atoms with E-state index < -0.39 is 11.6 Å². The first-order valence-electron chi connectivity index (χ1n) is 5.90. The van der Waals surface area contributed by atoms with Crippen molar-refractivity contribution < 1.29 is 14.3 Å². The number of hydrogen-bond donors (Lipinski definition) is 1. The summed E-state index contributed by atoms with van der Waals surface area (Å²) in [5.74, 6) is 1.51. The Labute approximate surface area is 107 Å². The molecule has 0 aliphatic carbocycles. The molecule has 1 amide bonds. The Morgan fingerprint density at radius 2 is 2.06 bits per heavy atom. The van der Waals surface area contributed by atoms with Crippen molar-refractivity contribution in [1.82, 2.24) is 5.32 Å². The van der Waals surface area contributed by atoms with Gasteiger partial charge in [0.1, 0.15) is 11.6 Å². The van der Waals surface area contributed by atoms with Gasteiger partial charge in [0, 0.05) is 11.7 Å². The Balaban J connectivity index is 2.40. The fraction of sp³-hybridized carbons (Fsp3) is 0.833. The van der Waals surface area contributed by atoms with E-state index in [0.29, 0.717) is 0 Å². The minimum atomic E-state index is -0.577. The van der Waals surface area contributed by atoms with Crippen LogP contribution in [0.25, 0.3) is 0 Å². The lowest BCUT2D eigenvalue weighted by Crippen LogP contribution is -2.44. The molecule has 0 bridgehead atoms. The van der Waals surface area contributed by atoms with Crippen molar-refractivity contribution in [2.24, 2.45) is 5.92 Å². The smallest absolute Gasteiger partial charge is 0.328 e. The maximum atomic E-state index is 11.8. The molecule has 2 atom stereocenters. The molecule has 0 aromatic rings. The molecular formula is C12H21NO3S. The summed E-state index contributed by atoms with van der Waals surface area (Å²) in [5.41, 5.74) is -0.515. The highest BCUT2D eigenvalue weighted by atomic mass is 32.2. The standard InChI is InChI=1S/C12H21NO3S/c1-8(11(15)16-12(2,3)4)13-10(14)9-5-6-17-7-9/h8-9H,5-7H2,1-4H3,(H,13,14)/t8-,9?/m0/s1. The number of nitrogens with one attached hydrogen (secondary N) is 1. The van der Waals surface area contributed by atoms with Crippen LogP contribution < -0.4 is 5.32 Å². The van der Waals surface area contributed by atoms with Gasteiger partial charge in [-0.3, -0.25) is 4.79 Å². The van der Waals surface area contributed by atoms with E-state index in [1.54, 1.807) is 18.7 Å². The third-order valence-electron chi connectivity index (χ3n) is 2.42. The maximum absolute atomic E-state index is 11.8. The van der Waals surface area contributed by atoms with E-state index in [1.807, 2.05) is 20.8 Å². The van der Waals surface area contributed by atoms with Crippen LogP contribution in [0.1, 0.15) is 34.1 Å². The van der Waals surface area contributed by atoms with Crippen LogP contribution in [0.5, 0.6) is 0 Å².